The van der Waals surface area contributed by atoms with E-state index in [1.807, 2.05) is 18.2 Å². The van der Waals surface area contributed by atoms with Crippen LogP contribution >= 0.6 is 22.3 Å². The third kappa shape index (κ3) is 4.13. The van der Waals surface area contributed by atoms with Gasteiger partial charge in [0.1, 0.15) is 12.4 Å². The highest BCUT2D eigenvalue weighted by Gasteiger charge is 2.16. The Hall–Kier alpha value is -1.23. The van der Waals surface area contributed by atoms with E-state index in [9.17, 15) is 8.42 Å². The van der Waals surface area contributed by atoms with E-state index in [2.05, 4.69) is 0 Å². The van der Waals surface area contributed by atoms with Crippen LogP contribution in [0.5, 0.6) is 5.75 Å². The number of hydrogen-bond acceptors (Lipinski definition) is 3. The maximum Gasteiger partial charge on any atom is 0.261 e. The highest BCUT2D eigenvalue weighted by Crippen LogP contribution is 2.28. The molecule has 0 aliphatic rings. The zero-order valence-corrected chi connectivity index (χ0v) is 13.9. The molecular formula is C15H14Cl2O3S. The van der Waals surface area contributed by atoms with Crippen LogP contribution < -0.4 is 4.74 Å². The number of benzene rings is 2. The lowest BCUT2D eigenvalue weighted by atomic mass is 10.1. The molecule has 0 unspecified atom stereocenters. The number of hydrogen-bond donors (Lipinski definition) is 0. The topological polar surface area (TPSA) is 43.4 Å². The molecule has 2 aromatic rings. The van der Waals surface area contributed by atoms with Crippen LogP contribution in [-0.4, -0.2) is 8.42 Å². The van der Waals surface area contributed by atoms with E-state index in [0.717, 1.165) is 5.56 Å². The second-order valence-electron chi connectivity index (χ2n) is 4.74. The molecule has 0 fully saturated rings. The maximum atomic E-state index is 11.4. The zero-order valence-electron chi connectivity index (χ0n) is 11.6. The van der Waals surface area contributed by atoms with E-state index in [4.69, 9.17) is 27.0 Å². The lowest BCUT2D eigenvalue weighted by Crippen LogP contribution is -2.01. The molecule has 0 saturated heterocycles. The Morgan fingerprint density at radius 1 is 1.10 bits per heavy atom. The molecule has 0 amide bonds. The van der Waals surface area contributed by atoms with Crippen LogP contribution in [0.4, 0.5) is 0 Å². The molecular weight excluding hydrogens is 331 g/mol. The molecule has 2 aromatic carbocycles. The van der Waals surface area contributed by atoms with E-state index in [1.54, 1.807) is 26.0 Å². The Balaban J connectivity index is 2.24. The van der Waals surface area contributed by atoms with E-state index in [0.29, 0.717) is 28.5 Å². The quantitative estimate of drug-likeness (QED) is 0.768. The zero-order chi connectivity index (χ0) is 15.6. The molecule has 112 valence electrons. The molecule has 0 aromatic heterocycles. The van der Waals surface area contributed by atoms with Gasteiger partial charge in [-0.05, 0) is 54.8 Å². The van der Waals surface area contributed by atoms with Gasteiger partial charge in [-0.25, -0.2) is 8.42 Å². The van der Waals surface area contributed by atoms with Crippen molar-refractivity contribution in [3.05, 3.63) is 58.1 Å². The highest BCUT2D eigenvalue weighted by molar-refractivity contribution is 8.13. The summed E-state index contributed by atoms with van der Waals surface area (Å²) < 4.78 is 28.6. The summed E-state index contributed by atoms with van der Waals surface area (Å²) in [4.78, 5) is 0.108. The molecule has 0 atom stereocenters. The molecule has 0 radical (unpaired) electrons. The number of ether oxygens (including phenoxy) is 1. The van der Waals surface area contributed by atoms with Crippen LogP contribution in [-0.2, 0) is 15.7 Å². The van der Waals surface area contributed by atoms with Crippen LogP contribution in [0, 0.1) is 13.8 Å². The van der Waals surface area contributed by atoms with E-state index in [-0.39, 0.29) is 4.90 Å². The van der Waals surface area contributed by atoms with Crippen molar-refractivity contribution in [1.82, 2.24) is 0 Å². The SMILES string of the molecule is Cc1cc(S(=O)(=O)Cl)c(C)cc1OCc1cccc(Cl)c1. The fourth-order valence-corrected chi connectivity index (χ4v) is 3.44. The van der Waals surface area contributed by atoms with Crippen molar-refractivity contribution in [1.29, 1.82) is 0 Å². The van der Waals surface area contributed by atoms with Crippen LogP contribution in [0.3, 0.4) is 0 Å². The Bertz CT molecular complexity index is 770. The largest absolute Gasteiger partial charge is 0.489 e. The molecule has 0 bridgehead atoms. The van der Waals surface area contributed by atoms with Gasteiger partial charge in [0.2, 0.25) is 0 Å². The van der Waals surface area contributed by atoms with Gasteiger partial charge in [0.15, 0.2) is 0 Å². The van der Waals surface area contributed by atoms with Crippen LogP contribution in [0.15, 0.2) is 41.3 Å². The van der Waals surface area contributed by atoms with Crippen LogP contribution in [0.2, 0.25) is 5.02 Å². The van der Waals surface area contributed by atoms with Gasteiger partial charge in [-0.2, -0.15) is 0 Å². The second kappa shape index (κ2) is 6.26. The fraction of sp³-hybridized carbons (Fsp3) is 0.200. The van der Waals surface area contributed by atoms with Gasteiger partial charge in [0.25, 0.3) is 9.05 Å². The molecule has 2 rings (SSSR count). The average molecular weight is 345 g/mol. The van der Waals surface area contributed by atoms with Gasteiger partial charge in [-0.1, -0.05) is 23.7 Å². The number of rotatable bonds is 4. The van der Waals surface area contributed by atoms with Crippen molar-refractivity contribution < 1.29 is 13.2 Å². The summed E-state index contributed by atoms with van der Waals surface area (Å²) in [5.41, 5.74) is 2.20. The first-order valence-corrected chi connectivity index (χ1v) is 8.89. The third-order valence-electron chi connectivity index (χ3n) is 3.02. The van der Waals surface area contributed by atoms with Gasteiger partial charge < -0.3 is 4.74 Å². The van der Waals surface area contributed by atoms with Crippen molar-refractivity contribution in [2.24, 2.45) is 0 Å². The molecule has 21 heavy (non-hydrogen) atoms. The fourth-order valence-electron chi connectivity index (χ4n) is 1.97. The van der Waals surface area contributed by atoms with Crippen LogP contribution in [0.1, 0.15) is 16.7 Å². The van der Waals surface area contributed by atoms with Crippen molar-refractivity contribution in [2.45, 2.75) is 25.3 Å². The molecule has 0 heterocycles. The predicted molar refractivity (Wildman–Crippen MR) is 84.7 cm³/mol. The minimum atomic E-state index is -3.75. The lowest BCUT2D eigenvalue weighted by molar-refractivity contribution is 0.303. The predicted octanol–water partition coefficient (Wildman–Crippen LogP) is 4.46. The summed E-state index contributed by atoms with van der Waals surface area (Å²) in [6.07, 6.45) is 0. The summed E-state index contributed by atoms with van der Waals surface area (Å²) in [6.45, 7) is 3.81. The van der Waals surface area contributed by atoms with Crippen LogP contribution in [0.25, 0.3) is 0 Å². The summed E-state index contributed by atoms with van der Waals surface area (Å²) in [5, 5.41) is 0.646. The Labute approximate surface area is 133 Å². The number of halogens is 2. The van der Waals surface area contributed by atoms with Gasteiger partial charge in [-0.3, -0.25) is 0 Å². The summed E-state index contributed by atoms with van der Waals surface area (Å²) in [7, 11) is 1.65. The van der Waals surface area contributed by atoms with Crippen molar-refractivity contribution in [3.8, 4) is 5.75 Å². The molecule has 0 aliphatic carbocycles. The van der Waals surface area contributed by atoms with Gasteiger partial charge in [0, 0.05) is 15.7 Å². The Kier molecular flexibility index (Phi) is 4.81. The average Bonchev–Trinajstić information content (AvgIpc) is 2.38. The maximum absolute atomic E-state index is 11.4. The molecule has 6 heteroatoms. The second-order valence-corrected chi connectivity index (χ2v) is 7.71. The van der Waals surface area contributed by atoms with E-state index >= 15 is 0 Å². The first-order chi connectivity index (χ1) is 9.77. The normalized spacial score (nSPS) is 11.4. The highest BCUT2D eigenvalue weighted by atomic mass is 35.7. The minimum Gasteiger partial charge on any atom is -0.489 e. The van der Waals surface area contributed by atoms with Crippen molar-refractivity contribution in [2.75, 3.05) is 0 Å². The van der Waals surface area contributed by atoms with E-state index < -0.39 is 9.05 Å². The van der Waals surface area contributed by atoms with Gasteiger partial charge in [0.05, 0.1) is 4.90 Å². The molecule has 0 N–H and O–H groups in total. The van der Waals surface area contributed by atoms with Gasteiger partial charge >= 0.3 is 0 Å². The third-order valence-corrected chi connectivity index (χ3v) is 4.72. The van der Waals surface area contributed by atoms with Crippen molar-refractivity contribution >= 4 is 31.3 Å². The smallest absolute Gasteiger partial charge is 0.261 e. The molecule has 0 aliphatic heterocycles. The lowest BCUT2D eigenvalue weighted by Gasteiger charge is -2.12. The summed E-state index contributed by atoms with van der Waals surface area (Å²) in [5.74, 6) is 0.622. The van der Waals surface area contributed by atoms with Gasteiger partial charge in [-0.15, -0.1) is 0 Å². The summed E-state index contributed by atoms with van der Waals surface area (Å²) >= 11 is 5.92. The Morgan fingerprint density at radius 2 is 1.81 bits per heavy atom. The Morgan fingerprint density at radius 3 is 2.43 bits per heavy atom. The van der Waals surface area contributed by atoms with Crippen molar-refractivity contribution in [3.63, 3.8) is 0 Å². The molecule has 0 spiro atoms. The first kappa shape index (κ1) is 16.1. The molecule has 3 nitrogen and oxygen atoms in total. The monoisotopic (exact) mass is 344 g/mol. The standard InChI is InChI=1S/C15H14Cl2O3S/c1-10-7-15(21(17,18)19)11(2)6-14(10)20-9-12-4-3-5-13(16)8-12/h3-8H,9H2,1-2H3. The molecule has 0 saturated carbocycles. The van der Waals surface area contributed by atoms with E-state index in [1.165, 1.54) is 6.07 Å². The first-order valence-electron chi connectivity index (χ1n) is 6.20. The number of aryl methyl sites for hydroxylation is 2. The summed E-state index contributed by atoms with van der Waals surface area (Å²) in [6, 6.07) is 10.6. The minimum absolute atomic E-state index is 0.108.